The van der Waals surface area contributed by atoms with Crippen LogP contribution in [-0.4, -0.2) is 33.8 Å². The molecule has 0 fully saturated rings. The van der Waals surface area contributed by atoms with Gasteiger partial charge in [-0.15, -0.1) is 11.3 Å². The van der Waals surface area contributed by atoms with Gasteiger partial charge in [0.15, 0.2) is 11.5 Å². The van der Waals surface area contributed by atoms with Gasteiger partial charge in [0.05, 0.1) is 10.4 Å². The number of benzene rings is 1. The van der Waals surface area contributed by atoms with Gasteiger partial charge in [-0.25, -0.2) is 18.2 Å². The summed E-state index contributed by atoms with van der Waals surface area (Å²) in [5.41, 5.74) is 5.58. The number of thiazole rings is 1. The van der Waals surface area contributed by atoms with Crippen molar-refractivity contribution < 1.29 is 18.0 Å². The van der Waals surface area contributed by atoms with Crippen LogP contribution in [0.2, 0.25) is 0 Å². The van der Waals surface area contributed by atoms with Crippen LogP contribution in [-0.2, 0) is 10.3 Å². The molecule has 0 spiro atoms. The molecule has 1 amide bonds. The SMILES string of the molecule is CN1C(=O)C(c2ccnc(C(F)F)c2)(c2cc(-c3cncs3)ccc2F)N=C1N. The fourth-order valence-corrected chi connectivity index (χ4v) is 3.89. The molecule has 1 aliphatic rings. The van der Waals surface area contributed by atoms with Crippen molar-refractivity contribution in [3.8, 4) is 10.4 Å². The quantitative estimate of drug-likeness (QED) is 0.706. The number of carbonyl (C=O) groups is 1. The number of amides is 1. The fourth-order valence-electron chi connectivity index (χ4n) is 3.27. The second-order valence-corrected chi connectivity index (χ2v) is 7.26. The topological polar surface area (TPSA) is 84.5 Å². The van der Waals surface area contributed by atoms with Crippen molar-refractivity contribution >= 4 is 23.2 Å². The zero-order chi connectivity index (χ0) is 20.8. The summed E-state index contributed by atoms with van der Waals surface area (Å²) >= 11 is 1.34. The van der Waals surface area contributed by atoms with E-state index in [4.69, 9.17) is 5.73 Å². The van der Waals surface area contributed by atoms with Crippen LogP contribution in [0.4, 0.5) is 13.2 Å². The maximum absolute atomic E-state index is 15.0. The summed E-state index contributed by atoms with van der Waals surface area (Å²) in [7, 11) is 1.39. The van der Waals surface area contributed by atoms with Gasteiger partial charge < -0.3 is 5.73 Å². The van der Waals surface area contributed by atoms with Gasteiger partial charge in [0.2, 0.25) is 0 Å². The highest BCUT2D eigenvalue weighted by Crippen LogP contribution is 2.42. The Morgan fingerprint density at radius 1 is 1.24 bits per heavy atom. The Kier molecular flexibility index (Phi) is 4.58. The lowest BCUT2D eigenvalue weighted by Gasteiger charge is -2.27. The molecule has 3 heterocycles. The summed E-state index contributed by atoms with van der Waals surface area (Å²) in [6.07, 6.45) is -0.118. The van der Waals surface area contributed by atoms with Gasteiger partial charge in [-0.1, -0.05) is 6.07 Å². The smallest absolute Gasteiger partial charge is 0.280 e. The number of hydrogen-bond acceptors (Lipinski definition) is 6. The lowest BCUT2D eigenvalue weighted by Crippen LogP contribution is -2.41. The molecule has 2 aromatic heterocycles. The average Bonchev–Trinajstić information content (AvgIpc) is 3.33. The number of nitrogens with zero attached hydrogens (tertiary/aromatic N) is 4. The van der Waals surface area contributed by atoms with Crippen molar-refractivity contribution in [3.05, 3.63) is 70.9 Å². The van der Waals surface area contributed by atoms with Crippen LogP contribution in [0.15, 0.2) is 53.2 Å². The normalized spacial score (nSPS) is 19.1. The lowest BCUT2D eigenvalue weighted by atomic mass is 9.81. The molecule has 0 radical (unpaired) electrons. The molecule has 0 bridgehead atoms. The molecule has 4 rings (SSSR count). The number of carbonyl (C=O) groups excluding carboxylic acids is 1. The number of aliphatic imine (C=N–C) groups is 1. The van der Waals surface area contributed by atoms with Gasteiger partial charge in [0.25, 0.3) is 12.3 Å². The highest BCUT2D eigenvalue weighted by molar-refractivity contribution is 7.13. The summed E-state index contributed by atoms with van der Waals surface area (Å²) in [6.45, 7) is 0. The minimum Gasteiger partial charge on any atom is -0.369 e. The lowest BCUT2D eigenvalue weighted by molar-refractivity contribution is -0.129. The number of alkyl halides is 2. The van der Waals surface area contributed by atoms with Gasteiger partial charge in [0, 0.05) is 25.0 Å². The third kappa shape index (κ3) is 2.96. The Morgan fingerprint density at radius 2 is 2.03 bits per heavy atom. The maximum atomic E-state index is 15.0. The predicted octanol–water partition coefficient (Wildman–Crippen LogP) is 3.31. The zero-order valence-corrected chi connectivity index (χ0v) is 15.8. The van der Waals surface area contributed by atoms with E-state index in [9.17, 15) is 13.6 Å². The van der Waals surface area contributed by atoms with Crippen molar-refractivity contribution in [2.24, 2.45) is 10.7 Å². The van der Waals surface area contributed by atoms with E-state index in [0.29, 0.717) is 5.56 Å². The third-order valence-corrected chi connectivity index (χ3v) is 5.56. The molecule has 29 heavy (non-hydrogen) atoms. The second-order valence-electron chi connectivity index (χ2n) is 6.37. The van der Waals surface area contributed by atoms with E-state index < -0.39 is 29.4 Å². The number of pyridine rings is 1. The zero-order valence-electron chi connectivity index (χ0n) is 15.0. The van der Waals surface area contributed by atoms with E-state index in [1.807, 2.05) is 0 Å². The van der Waals surface area contributed by atoms with Gasteiger partial charge in [-0.05, 0) is 35.4 Å². The first-order chi connectivity index (χ1) is 13.8. The molecule has 10 heteroatoms. The first kappa shape index (κ1) is 19.1. The van der Waals surface area contributed by atoms with E-state index in [1.165, 1.54) is 36.6 Å². The van der Waals surface area contributed by atoms with Gasteiger partial charge in [0.1, 0.15) is 11.5 Å². The molecular weight excluding hydrogens is 403 g/mol. The molecule has 6 nitrogen and oxygen atoms in total. The molecule has 0 saturated carbocycles. The second kappa shape index (κ2) is 6.96. The van der Waals surface area contributed by atoms with Gasteiger partial charge >= 0.3 is 0 Å². The fraction of sp³-hybridized carbons (Fsp3) is 0.158. The average molecular weight is 417 g/mol. The number of nitrogens with two attached hydrogens (primary N) is 1. The van der Waals surface area contributed by atoms with E-state index in [-0.39, 0.29) is 17.1 Å². The van der Waals surface area contributed by atoms with Crippen LogP contribution in [0.5, 0.6) is 0 Å². The van der Waals surface area contributed by atoms with Crippen LogP contribution < -0.4 is 5.73 Å². The summed E-state index contributed by atoms with van der Waals surface area (Å²) in [5.74, 6) is -1.51. The Morgan fingerprint density at radius 3 is 2.66 bits per heavy atom. The molecule has 0 saturated heterocycles. The molecule has 3 aromatic rings. The molecule has 1 aromatic carbocycles. The summed E-state index contributed by atoms with van der Waals surface area (Å²) < 4.78 is 41.5. The Hall–Kier alpha value is -3.27. The third-order valence-electron chi connectivity index (χ3n) is 4.74. The molecule has 1 aliphatic heterocycles. The monoisotopic (exact) mass is 417 g/mol. The minimum absolute atomic E-state index is 0.0560. The van der Waals surface area contributed by atoms with Crippen LogP contribution in [0.3, 0.4) is 0 Å². The predicted molar refractivity (Wildman–Crippen MR) is 102 cm³/mol. The summed E-state index contributed by atoms with van der Waals surface area (Å²) in [5, 5.41) is 0. The van der Waals surface area contributed by atoms with Crippen LogP contribution >= 0.6 is 11.3 Å². The van der Waals surface area contributed by atoms with Gasteiger partial charge in [-0.2, -0.15) is 0 Å². The molecule has 0 aliphatic carbocycles. The minimum atomic E-state index is -2.86. The van der Waals surface area contributed by atoms with E-state index in [2.05, 4.69) is 15.0 Å². The van der Waals surface area contributed by atoms with Crippen LogP contribution in [0, 0.1) is 5.82 Å². The van der Waals surface area contributed by atoms with Crippen molar-refractivity contribution in [2.45, 2.75) is 12.0 Å². The Labute approximate surface area is 167 Å². The van der Waals surface area contributed by atoms with Crippen LogP contribution in [0.25, 0.3) is 10.4 Å². The highest BCUT2D eigenvalue weighted by Gasteiger charge is 2.51. The van der Waals surface area contributed by atoms with Crippen molar-refractivity contribution in [3.63, 3.8) is 0 Å². The number of guanidine groups is 1. The first-order valence-electron chi connectivity index (χ1n) is 8.41. The first-order valence-corrected chi connectivity index (χ1v) is 9.29. The molecule has 2 N–H and O–H groups in total. The number of aromatic nitrogens is 2. The van der Waals surface area contributed by atoms with Crippen molar-refractivity contribution in [2.75, 3.05) is 7.05 Å². The van der Waals surface area contributed by atoms with Gasteiger partial charge in [-0.3, -0.25) is 19.7 Å². The largest absolute Gasteiger partial charge is 0.369 e. The number of rotatable bonds is 4. The van der Waals surface area contributed by atoms with E-state index >= 15 is 4.39 Å². The highest BCUT2D eigenvalue weighted by atomic mass is 32.1. The van der Waals surface area contributed by atoms with Crippen molar-refractivity contribution in [1.29, 1.82) is 0 Å². The summed E-state index contributed by atoms with van der Waals surface area (Å²) in [4.78, 5) is 26.9. The Bertz CT molecular complexity index is 1120. The Balaban J connectivity index is 2.00. The molecular formula is C19H14F3N5OS. The molecule has 1 atom stereocenters. The number of likely N-dealkylation sites (N-methyl/N-ethyl adjacent to an activating group) is 1. The number of halogens is 3. The number of hydrogen-bond donors (Lipinski definition) is 1. The van der Waals surface area contributed by atoms with E-state index in [1.54, 1.807) is 17.8 Å². The van der Waals surface area contributed by atoms with E-state index in [0.717, 1.165) is 22.0 Å². The molecule has 1 unspecified atom stereocenters. The standard InChI is InChI=1S/C19H14F3N5OS/c1-27-17(28)19(26-18(27)23,11-4-5-25-14(7-11)16(21)22)12-6-10(2-3-13(12)20)15-8-24-9-29-15/h2-9,16H,1H3,(H2,23,26). The van der Waals surface area contributed by atoms with Crippen LogP contribution in [0.1, 0.15) is 23.2 Å². The van der Waals surface area contributed by atoms with Crippen molar-refractivity contribution in [1.82, 2.24) is 14.9 Å². The molecule has 148 valence electrons. The summed E-state index contributed by atoms with van der Waals surface area (Å²) in [6, 6.07) is 6.64. The maximum Gasteiger partial charge on any atom is 0.280 e.